The summed E-state index contributed by atoms with van der Waals surface area (Å²) in [5.74, 6) is -2.24. The molecule has 0 saturated carbocycles. The Morgan fingerprint density at radius 1 is 1.31 bits per heavy atom. The molecule has 1 N–H and O–H groups in total. The van der Waals surface area contributed by atoms with Gasteiger partial charge in [0.15, 0.2) is 11.6 Å². The van der Waals surface area contributed by atoms with Crippen LogP contribution >= 0.6 is 11.6 Å². The summed E-state index contributed by atoms with van der Waals surface area (Å²) in [6.45, 7) is 0. The van der Waals surface area contributed by atoms with Crippen molar-refractivity contribution in [3.05, 3.63) is 40.6 Å². The molecule has 0 fully saturated rings. The summed E-state index contributed by atoms with van der Waals surface area (Å²) in [4.78, 5) is 0. The molecule has 80 valence electrons. The number of nitrogens with zero attached hydrogens (tertiary/aromatic N) is 2. The van der Waals surface area contributed by atoms with Crippen LogP contribution in [0.4, 0.5) is 14.5 Å². The number of halogens is 3. The van der Waals surface area contributed by atoms with Gasteiger partial charge in [-0.25, -0.2) is 8.78 Å². The third-order valence-corrected chi connectivity index (χ3v) is 1.96. The first-order valence-electron chi connectivity index (χ1n) is 4.00. The maximum absolute atomic E-state index is 13.2. The molecule has 0 saturated heterocycles. The lowest BCUT2D eigenvalue weighted by Crippen LogP contribution is -1.97. The summed E-state index contributed by atoms with van der Waals surface area (Å²) in [5, 5.41) is 19.1. The van der Waals surface area contributed by atoms with Crippen LogP contribution in [0.5, 0.6) is 0 Å². The Morgan fingerprint density at radius 2 is 1.94 bits per heavy atom. The Kier molecular flexibility index (Phi) is 3.82. The Bertz CT molecular complexity index is 510. The van der Waals surface area contributed by atoms with Crippen molar-refractivity contribution >= 4 is 17.3 Å². The Morgan fingerprint density at radius 3 is 2.50 bits per heavy atom. The summed E-state index contributed by atoms with van der Waals surface area (Å²) in [6, 6.07) is 5.15. The average Bonchev–Trinajstić information content (AvgIpc) is 2.29. The monoisotopic (exact) mass is 239 g/mol. The molecule has 0 heterocycles. The SMILES string of the molecule is N#CC(C#N)=CNc1c(Cl)ccc(F)c1F. The van der Waals surface area contributed by atoms with Gasteiger partial charge >= 0.3 is 0 Å². The molecule has 0 radical (unpaired) electrons. The molecule has 0 atom stereocenters. The van der Waals surface area contributed by atoms with E-state index in [0.29, 0.717) is 0 Å². The largest absolute Gasteiger partial charge is 0.356 e. The highest BCUT2D eigenvalue weighted by Gasteiger charge is 2.11. The normalized spacial score (nSPS) is 8.81. The molecule has 6 heteroatoms. The lowest BCUT2D eigenvalue weighted by molar-refractivity contribution is 0.512. The highest BCUT2D eigenvalue weighted by atomic mass is 35.5. The molecule has 0 unspecified atom stereocenters. The minimum absolute atomic E-state index is 0.0506. The van der Waals surface area contributed by atoms with Crippen molar-refractivity contribution < 1.29 is 8.78 Å². The number of anilines is 1. The summed E-state index contributed by atoms with van der Waals surface area (Å²) < 4.78 is 26.0. The van der Waals surface area contributed by atoms with Gasteiger partial charge in [0.2, 0.25) is 0 Å². The van der Waals surface area contributed by atoms with Gasteiger partial charge in [-0.2, -0.15) is 10.5 Å². The maximum Gasteiger partial charge on any atom is 0.183 e. The van der Waals surface area contributed by atoms with Crippen molar-refractivity contribution in [2.45, 2.75) is 0 Å². The zero-order valence-corrected chi connectivity index (χ0v) is 8.52. The van der Waals surface area contributed by atoms with Crippen LogP contribution in [0.3, 0.4) is 0 Å². The summed E-state index contributed by atoms with van der Waals surface area (Å²) in [7, 11) is 0. The summed E-state index contributed by atoms with van der Waals surface area (Å²) in [5.41, 5.74) is -0.593. The smallest absolute Gasteiger partial charge is 0.183 e. The molecule has 0 amide bonds. The van der Waals surface area contributed by atoms with Crippen LogP contribution in [0, 0.1) is 34.3 Å². The molecule has 0 aliphatic rings. The number of hydrogen-bond acceptors (Lipinski definition) is 3. The maximum atomic E-state index is 13.2. The summed E-state index contributed by atoms with van der Waals surface area (Å²) in [6.07, 6.45) is 0.948. The van der Waals surface area contributed by atoms with E-state index in [1.54, 1.807) is 12.1 Å². The number of allylic oxidation sites excluding steroid dienone is 1. The van der Waals surface area contributed by atoms with Gasteiger partial charge in [-0.1, -0.05) is 11.6 Å². The molecule has 0 spiro atoms. The van der Waals surface area contributed by atoms with E-state index in [2.05, 4.69) is 5.32 Å². The zero-order chi connectivity index (χ0) is 12.1. The van der Waals surface area contributed by atoms with Crippen LogP contribution in [-0.4, -0.2) is 0 Å². The van der Waals surface area contributed by atoms with Gasteiger partial charge in [0.1, 0.15) is 17.7 Å². The number of nitrogens with one attached hydrogen (secondary N) is 1. The van der Waals surface area contributed by atoms with E-state index in [1.807, 2.05) is 0 Å². The fourth-order valence-electron chi connectivity index (χ4n) is 0.893. The topological polar surface area (TPSA) is 59.6 Å². The fourth-order valence-corrected chi connectivity index (χ4v) is 1.09. The van der Waals surface area contributed by atoms with Gasteiger partial charge in [0.05, 0.1) is 10.7 Å². The second-order valence-electron chi connectivity index (χ2n) is 2.64. The Hall–Kier alpha value is -2.11. The minimum Gasteiger partial charge on any atom is -0.356 e. The lowest BCUT2D eigenvalue weighted by Gasteiger charge is -2.05. The van der Waals surface area contributed by atoms with Crippen molar-refractivity contribution in [2.24, 2.45) is 0 Å². The van der Waals surface area contributed by atoms with Gasteiger partial charge in [-0.05, 0) is 12.1 Å². The summed E-state index contributed by atoms with van der Waals surface area (Å²) >= 11 is 5.61. The number of hydrogen-bond donors (Lipinski definition) is 1. The van der Waals surface area contributed by atoms with E-state index in [4.69, 9.17) is 22.1 Å². The molecule has 1 rings (SSSR count). The molecule has 0 aromatic heterocycles. The average molecular weight is 240 g/mol. The van der Waals surface area contributed by atoms with Crippen molar-refractivity contribution in [3.63, 3.8) is 0 Å². The van der Waals surface area contributed by atoms with Crippen molar-refractivity contribution in [2.75, 3.05) is 5.32 Å². The molecule has 0 bridgehead atoms. The second kappa shape index (κ2) is 5.11. The van der Waals surface area contributed by atoms with Gasteiger partial charge in [0.25, 0.3) is 0 Å². The van der Waals surface area contributed by atoms with Crippen LogP contribution in [0.2, 0.25) is 5.02 Å². The molecule has 1 aromatic rings. The standard InChI is InChI=1S/C10H4ClF2N3/c11-7-1-2-8(12)9(13)10(7)16-5-6(3-14)4-15/h1-2,5,16H. The van der Waals surface area contributed by atoms with Crippen LogP contribution in [0.15, 0.2) is 23.9 Å². The predicted octanol–water partition coefficient (Wildman–Crippen LogP) is 2.96. The molecule has 1 aromatic carbocycles. The van der Waals surface area contributed by atoms with Gasteiger partial charge in [-0.3, -0.25) is 0 Å². The van der Waals surface area contributed by atoms with Gasteiger partial charge in [0, 0.05) is 6.20 Å². The van der Waals surface area contributed by atoms with E-state index >= 15 is 0 Å². The number of rotatable bonds is 2. The van der Waals surface area contributed by atoms with Crippen molar-refractivity contribution in [1.29, 1.82) is 10.5 Å². The first kappa shape index (κ1) is 12.0. The molecule has 3 nitrogen and oxygen atoms in total. The third-order valence-electron chi connectivity index (χ3n) is 1.65. The number of nitriles is 2. The zero-order valence-electron chi connectivity index (χ0n) is 7.76. The Labute approximate surface area is 95.2 Å². The third kappa shape index (κ3) is 2.47. The van der Waals surface area contributed by atoms with E-state index in [1.165, 1.54) is 0 Å². The highest BCUT2D eigenvalue weighted by molar-refractivity contribution is 6.33. The minimum atomic E-state index is -1.17. The lowest BCUT2D eigenvalue weighted by atomic mass is 10.3. The van der Waals surface area contributed by atoms with Crippen LogP contribution < -0.4 is 5.32 Å². The molecular formula is C10H4ClF2N3. The van der Waals surface area contributed by atoms with E-state index in [9.17, 15) is 8.78 Å². The van der Waals surface area contributed by atoms with Crippen molar-refractivity contribution in [3.8, 4) is 12.1 Å². The highest BCUT2D eigenvalue weighted by Crippen LogP contribution is 2.26. The van der Waals surface area contributed by atoms with Crippen LogP contribution in [0.25, 0.3) is 0 Å². The second-order valence-corrected chi connectivity index (χ2v) is 3.05. The Balaban J connectivity index is 3.09. The fraction of sp³-hybridized carbons (Fsp3) is 0. The van der Waals surface area contributed by atoms with Gasteiger partial charge in [-0.15, -0.1) is 0 Å². The quantitative estimate of drug-likeness (QED) is 0.638. The molecule has 0 aliphatic carbocycles. The first-order valence-corrected chi connectivity index (χ1v) is 4.38. The van der Waals surface area contributed by atoms with E-state index in [0.717, 1.165) is 18.3 Å². The number of benzene rings is 1. The van der Waals surface area contributed by atoms with Crippen molar-refractivity contribution in [1.82, 2.24) is 0 Å². The van der Waals surface area contributed by atoms with E-state index in [-0.39, 0.29) is 16.3 Å². The van der Waals surface area contributed by atoms with Crippen LogP contribution in [-0.2, 0) is 0 Å². The predicted molar refractivity (Wildman–Crippen MR) is 54.3 cm³/mol. The molecule has 16 heavy (non-hydrogen) atoms. The first-order chi connectivity index (χ1) is 7.60. The molecule has 0 aliphatic heterocycles. The molecular weight excluding hydrogens is 236 g/mol. The van der Waals surface area contributed by atoms with Crippen LogP contribution in [0.1, 0.15) is 0 Å². The van der Waals surface area contributed by atoms with Gasteiger partial charge < -0.3 is 5.32 Å². The van der Waals surface area contributed by atoms with E-state index < -0.39 is 11.6 Å².